The number of hydrogen-bond donors (Lipinski definition) is 1. The monoisotopic (exact) mass is 392 g/mol. The standard InChI is InChI=1S/C21H32N2O5/c1-15(2)14-27-19(24)12-16(17-9-10-18(26-6)23-13-17)8-7-11-22-20(25)28-21(3,4)5/h9-10,12-13,15H,7-8,11,14H2,1-6H3,(H,22,25)/b16-12-. The Hall–Kier alpha value is -2.57. The summed E-state index contributed by atoms with van der Waals surface area (Å²) in [6, 6.07) is 3.58. The average molecular weight is 392 g/mol. The lowest BCUT2D eigenvalue weighted by atomic mass is 10.0. The Kier molecular flexibility index (Phi) is 9.48. The second-order valence-electron chi connectivity index (χ2n) is 7.81. The average Bonchev–Trinajstić information content (AvgIpc) is 2.61. The minimum atomic E-state index is -0.538. The molecular formula is C21H32N2O5. The number of alkyl carbamates (subject to hydrolysis) is 1. The van der Waals surface area contributed by atoms with Crippen LogP contribution in [0, 0.1) is 5.92 Å². The lowest BCUT2D eigenvalue weighted by molar-refractivity contribution is -0.138. The van der Waals surface area contributed by atoms with E-state index in [1.165, 1.54) is 6.08 Å². The van der Waals surface area contributed by atoms with E-state index in [0.717, 1.165) is 11.1 Å². The molecule has 1 aromatic heterocycles. The van der Waals surface area contributed by atoms with Crippen LogP contribution in [0.1, 0.15) is 53.0 Å². The van der Waals surface area contributed by atoms with Crippen LogP contribution in [0.25, 0.3) is 5.57 Å². The molecule has 7 nitrogen and oxygen atoms in total. The highest BCUT2D eigenvalue weighted by molar-refractivity contribution is 5.91. The first-order valence-electron chi connectivity index (χ1n) is 9.45. The van der Waals surface area contributed by atoms with E-state index in [2.05, 4.69) is 10.3 Å². The molecule has 0 saturated heterocycles. The SMILES string of the molecule is COc1ccc(/C(=C\C(=O)OCC(C)C)CCCNC(=O)OC(C)(C)C)cn1. The number of amides is 1. The molecule has 1 rings (SSSR count). The van der Waals surface area contributed by atoms with Crippen molar-refractivity contribution in [2.24, 2.45) is 5.92 Å². The molecule has 156 valence electrons. The molecule has 28 heavy (non-hydrogen) atoms. The number of aromatic nitrogens is 1. The van der Waals surface area contributed by atoms with Gasteiger partial charge in [-0.3, -0.25) is 0 Å². The predicted molar refractivity (Wildman–Crippen MR) is 108 cm³/mol. The molecule has 0 aliphatic carbocycles. The van der Waals surface area contributed by atoms with Crippen LogP contribution in [0.15, 0.2) is 24.4 Å². The second-order valence-corrected chi connectivity index (χ2v) is 7.81. The number of carbonyl (C=O) groups excluding carboxylic acids is 2. The van der Waals surface area contributed by atoms with Gasteiger partial charge in [-0.1, -0.05) is 13.8 Å². The Bertz CT molecular complexity index is 660. The maximum Gasteiger partial charge on any atom is 0.407 e. The summed E-state index contributed by atoms with van der Waals surface area (Å²) in [6.07, 6.45) is 3.89. The van der Waals surface area contributed by atoms with Crippen molar-refractivity contribution >= 4 is 17.6 Å². The number of rotatable bonds is 9. The summed E-state index contributed by atoms with van der Waals surface area (Å²) < 4.78 is 15.5. The van der Waals surface area contributed by atoms with Gasteiger partial charge >= 0.3 is 12.1 Å². The summed E-state index contributed by atoms with van der Waals surface area (Å²) in [7, 11) is 1.55. The zero-order chi connectivity index (χ0) is 21.2. The highest BCUT2D eigenvalue weighted by Gasteiger charge is 2.15. The molecule has 1 heterocycles. The number of esters is 1. The fourth-order valence-corrected chi connectivity index (χ4v) is 2.21. The number of nitrogens with zero attached hydrogens (tertiary/aromatic N) is 1. The lowest BCUT2D eigenvalue weighted by Crippen LogP contribution is -2.33. The Morgan fingerprint density at radius 2 is 1.96 bits per heavy atom. The molecule has 0 radical (unpaired) electrons. The third-order valence-corrected chi connectivity index (χ3v) is 3.46. The first-order chi connectivity index (χ1) is 13.1. The molecule has 0 fully saturated rings. The Morgan fingerprint density at radius 1 is 1.25 bits per heavy atom. The van der Waals surface area contributed by atoms with Crippen LogP contribution >= 0.6 is 0 Å². The third-order valence-electron chi connectivity index (χ3n) is 3.46. The summed E-state index contributed by atoms with van der Waals surface area (Å²) in [5.74, 6) is 0.373. The molecule has 0 aliphatic rings. The van der Waals surface area contributed by atoms with Crippen molar-refractivity contribution in [2.75, 3.05) is 20.3 Å². The molecule has 7 heteroatoms. The molecular weight excluding hydrogens is 360 g/mol. The van der Waals surface area contributed by atoms with E-state index in [9.17, 15) is 9.59 Å². The van der Waals surface area contributed by atoms with Gasteiger partial charge in [-0.05, 0) is 56.7 Å². The van der Waals surface area contributed by atoms with Gasteiger partial charge < -0.3 is 19.5 Å². The van der Waals surface area contributed by atoms with Crippen LogP contribution < -0.4 is 10.1 Å². The van der Waals surface area contributed by atoms with Crippen LogP contribution in [0.4, 0.5) is 4.79 Å². The first-order valence-corrected chi connectivity index (χ1v) is 9.45. The van der Waals surface area contributed by atoms with E-state index in [-0.39, 0.29) is 11.9 Å². The van der Waals surface area contributed by atoms with Gasteiger partial charge in [0.25, 0.3) is 0 Å². The first kappa shape index (κ1) is 23.5. The zero-order valence-corrected chi connectivity index (χ0v) is 17.7. The third kappa shape index (κ3) is 9.94. The molecule has 0 aromatic carbocycles. The minimum Gasteiger partial charge on any atom is -0.481 e. The van der Waals surface area contributed by atoms with Gasteiger partial charge in [0.2, 0.25) is 5.88 Å². The zero-order valence-electron chi connectivity index (χ0n) is 17.7. The summed E-state index contributed by atoms with van der Waals surface area (Å²) in [5.41, 5.74) is 1.05. The predicted octanol–water partition coefficient (Wildman–Crippen LogP) is 3.98. The van der Waals surface area contributed by atoms with Crippen molar-refractivity contribution < 1.29 is 23.8 Å². The molecule has 1 aromatic rings. The second kappa shape index (κ2) is 11.3. The van der Waals surface area contributed by atoms with E-state index in [0.29, 0.717) is 31.9 Å². The molecule has 0 aliphatic heterocycles. The van der Waals surface area contributed by atoms with E-state index in [1.54, 1.807) is 19.4 Å². The highest BCUT2D eigenvalue weighted by atomic mass is 16.6. The summed E-state index contributed by atoms with van der Waals surface area (Å²) in [6.45, 7) is 10.2. The number of pyridine rings is 1. The van der Waals surface area contributed by atoms with Gasteiger partial charge in [-0.2, -0.15) is 0 Å². The van der Waals surface area contributed by atoms with Gasteiger partial charge in [-0.25, -0.2) is 14.6 Å². The number of allylic oxidation sites excluding steroid dienone is 1. The van der Waals surface area contributed by atoms with Gasteiger partial charge in [0.15, 0.2) is 0 Å². The van der Waals surface area contributed by atoms with Crippen molar-refractivity contribution in [1.29, 1.82) is 0 Å². The number of ether oxygens (including phenoxy) is 3. The van der Waals surface area contributed by atoms with Gasteiger partial charge in [0.1, 0.15) is 5.60 Å². The van der Waals surface area contributed by atoms with Crippen LogP contribution in [0.5, 0.6) is 5.88 Å². The number of nitrogens with one attached hydrogen (secondary N) is 1. The number of carbonyl (C=O) groups is 2. The van der Waals surface area contributed by atoms with Gasteiger partial charge in [0, 0.05) is 24.9 Å². The van der Waals surface area contributed by atoms with Crippen molar-refractivity contribution in [3.05, 3.63) is 30.0 Å². The Morgan fingerprint density at radius 3 is 2.50 bits per heavy atom. The molecule has 0 saturated carbocycles. The summed E-state index contributed by atoms with van der Waals surface area (Å²) >= 11 is 0. The van der Waals surface area contributed by atoms with Crippen LogP contribution in [-0.4, -0.2) is 42.9 Å². The maximum atomic E-state index is 12.1. The van der Waals surface area contributed by atoms with E-state index >= 15 is 0 Å². The molecule has 1 N–H and O–H groups in total. The van der Waals surface area contributed by atoms with E-state index < -0.39 is 11.7 Å². The number of hydrogen-bond acceptors (Lipinski definition) is 6. The van der Waals surface area contributed by atoms with Crippen LogP contribution in [-0.2, 0) is 14.3 Å². The Labute approximate surface area is 167 Å². The fourth-order valence-electron chi connectivity index (χ4n) is 2.21. The van der Waals surface area contributed by atoms with E-state index in [4.69, 9.17) is 14.2 Å². The molecule has 0 atom stereocenters. The minimum absolute atomic E-state index is 0.265. The van der Waals surface area contributed by atoms with Gasteiger partial charge in [-0.15, -0.1) is 0 Å². The van der Waals surface area contributed by atoms with Crippen molar-refractivity contribution in [2.45, 2.75) is 53.1 Å². The van der Waals surface area contributed by atoms with Crippen molar-refractivity contribution in [3.63, 3.8) is 0 Å². The largest absolute Gasteiger partial charge is 0.481 e. The van der Waals surface area contributed by atoms with Crippen LogP contribution in [0.2, 0.25) is 0 Å². The number of methoxy groups -OCH3 is 1. The smallest absolute Gasteiger partial charge is 0.407 e. The van der Waals surface area contributed by atoms with E-state index in [1.807, 2.05) is 40.7 Å². The molecule has 0 bridgehead atoms. The highest BCUT2D eigenvalue weighted by Crippen LogP contribution is 2.21. The lowest BCUT2D eigenvalue weighted by Gasteiger charge is -2.19. The maximum absolute atomic E-state index is 12.1. The fraction of sp³-hybridized carbons (Fsp3) is 0.571. The normalized spacial score (nSPS) is 11.9. The Balaban J connectivity index is 2.72. The molecule has 1 amide bonds. The summed E-state index contributed by atoms with van der Waals surface area (Å²) in [5, 5.41) is 2.72. The van der Waals surface area contributed by atoms with Crippen molar-refractivity contribution in [1.82, 2.24) is 10.3 Å². The summed E-state index contributed by atoms with van der Waals surface area (Å²) in [4.78, 5) is 28.0. The van der Waals surface area contributed by atoms with Gasteiger partial charge in [0.05, 0.1) is 13.7 Å². The quantitative estimate of drug-likeness (QED) is 0.389. The molecule has 0 unspecified atom stereocenters. The van der Waals surface area contributed by atoms with Crippen LogP contribution in [0.3, 0.4) is 0 Å². The molecule has 0 spiro atoms. The van der Waals surface area contributed by atoms with Crippen molar-refractivity contribution in [3.8, 4) is 5.88 Å². The topological polar surface area (TPSA) is 86.8 Å².